The summed E-state index contributed by atoms with van der Waals surface area (Å²) in [7, 11) is 0. The van der Waals surface area contributed by atoms with Gasteiger partial charge in [-0.1, -0.05) is 12.1 Å². The molecule has 0 radical (unpaired) electrons. The largest absolute Gasteiger partial charge is 0.366 e. The van der Waals surface area contributed by atoms with Crippen molar-refractivity contribution in [1.82, 2.24) is 5.32 Å². The van der Waals surface area contributed by atoms with E-state index < -0.39 is 5.91 Å². The molecule has 0 saturated heterocycles. The number of nitrogens with one attached hydrogen (secondary N) is 1. The van der Waals surface area contributed by atoms with E-state index in [0.29, 0.717) is 17.7 Å². The smallest absolute Gasteiger partial charge is 0.251 e. The third kappa shape index (κ3) is 3.41. The molecule has 0 atom stereocenters. The van der Waals surface area contributed by atoms with Crippen LogP contribution in [0.2, 0.25) is 0 Å². The van der Waals surface area contributed by atoms with Crippen molar-refractivity contribution >= 4 is 11.8 Å². The molecule has 4 nitrogen and oxygen atoms in total. The van der Waals surface area contributed by atoms with Crippen LogP contribution >= 0.6 is 0 Å². The predicted octanol–water partition coefficient (Wildman–Crippen LogP) is 1.85. The lowest BCUT2D eigenvalue weighted by molar-refractivity contribution is 0.0949. The van der Waals surface area contributed by atoms with Crippen molar-refractivity contribution in [3.05, 3.63) is 71.0 Å². The first-order valence-electron chi connectivity index (χ1n) is 5.99. The summed E-state index contributed by atoms with van der Waals surface area (Å²) in [5.74, 6) is -1.17. The number of hydrogen-bond acceptors (Lipinski definition) is 2. The molecule has 0 bridgehead atoms. The molecule has 0 heterocycles. The first-order chi connectivity index (χ1) is 9.56. The SMILES string of the molecule is NC(=O)c1ccc(CNC(=O)c2ccc(F)cc2)cc1. The molecular formula is C15H13FN2O2. The number of rotatable bonds is 4. The zero-order valence-corrected chi connectivity index (χ0v) is 10.6. The average molecular weight is 272 g/mol. The van der Waals surface area contributed by atoms with E-state index in [-0.39, 0.29) is 11.7 Å². The van der Waals surface area contributed by atoms with E-state index in [9.17, 15) is 14.0 Å². The molecule has 2 amide bonds. The minimum atomic E-state index is -0.494. The minimum Gasteiger partial charge on any atom is -0.366 e. The van der Waals surface area contributed by atoms with Crippen molar-refractivity contribution < 1.29 is 14.0 Å². The van der Waals surface area contributed by atoms with Crippen LogP contribution in [0.3, 0.4) is 0 Å². The van der Waals surface area contributed by atoms with Crippen LogP contribution in [0.15, 0.2) is 48.5 Å². The maximum atomic E-state index is 12.7. The lowest BCUT2D eigenvalue weighted by Crippen LogP contribution is -2.22. The number of hydrogen-bond donors (Lipinski definition) is 2. The number of carbonyl (C=O) groups excluding carboxylic acids is 2. The van der Waals surface area contributed by atoms with Gasteiger partial charge in [-0.05, 0) is 42.0 Å². The molecule has 0 aromatic heterocycles. The summed E-state index contributed by atoms with van der Waals surface area (Å²) >= 11 is 0. The van der Waals surface area contributed by atoms with Gasteiger partial charge in [-0.15, -0.1) is 0 Å². The lowest BCUT2D eigenvalue weighted by atomic mass is 10.1. The molecule has 0 aliphatic rings. The first-order valence-corrected chi connectivity index (χ1v) is 5.99. The molecule has 2 aromatic rings. The topological polar surface area (TPSA) is 72.2 Å². The second kappa shape index (κ2) is 5.97. The monoisotopic (exact) mass is 272 g/mol. The third-order valence-corrected chi connectivity index (χ3v) is 2.80. The zero-order chi connectivity index (χ0) is 14.5. The van der Waals surface area contributed by atoms with Crippen molar-refractivity contribution in [2.75, 3.05) is 0 Å². The van der Waals surface area contributed by atoms with Crippen LogP contribution < -0.4 is 11.1 Å². The van der Waals surface area contributed by atoms with Crippen LogP contribution in [0.4, 0.5) is 4.39 Å². The number of carbonyl (C=O) groups is 2. The predicted molar refractivity (Wildman–Crippen MR) is 72.5 cm³/mol. The molecular weight excluding hydrogens is 259 g/mol. The highest BCUT2D eigenvalue weighted by atomic mass is 19.1. The fraction of sp³-hybridized carbons (Fsp3) is 0.0667. The van der Waals surface area contributed by atoms with Crippen LogP contribution in [-0.4, -0.2) is 11.8 Å². The Bertz CT molecular complexity index is 621. The van der Waals surface area contributed by atoms with Gasteiger partial charge in [0.15, 0.2) is 0 Å². The lowest BCUT2D eigenvalue weighted by Gasteiger charge is -2.06. The highest BCUT2D eigenvalue weighted by Gasteiger charge is 2.05. The minimum absolute atomic E-state index is 0.288. The van der Waals surface area contributed by atoms with Gasteiger partial charge in [0.05, 0.1) is 0 Å². The second-order valence-electron chi connectivity index (χ2n) is 4.25. The fourth-order valence-electron chi connectivity index (χ4n) is 1.67. The van der Waals surface area contributed by atoms with Crippen molar-refractivity contribution in [2.45, 2.75) is 6.54 Å². The molecule has 5 heteroatoms. The Morgan fingerprint density at radius 3 is 2.05 bits per heavy atom. The number of benzene rings is 2. The number of halogens is 1. The zero-order valence-electron chi connectivity index (χ0n) is 10.6. The van der Waals surface area contributed by atoms with E-state index in [1.54, 1.807) is 24.3 Å². The summed E-state index contributed by atoms with van der Waals surface area (Å²) in [6, 6.07) is 11.9. The highest BCUT2D eigenvalue weighted by Crippen LogP contribution is 2.05. The van der Waals surface area contributed by atoms with Gasteiger partial charge in [0.1, 0.15) is 5.82 Å². The van der Waals surface area contributed by atoms with Crippen molar-refractivity contribution in [1.29, 1.82) is 0 Å². The molecule has 0 aliphatic carbocycles. The van der Waals surface area contributed by atoms with Gasteiger partial charge in [-0.25, -0.2) is 4.39 Å². The summed E-state index contributed by atoms with van der Waals surface area (Å²) in [4.78, 5) is 22.7. The molecule has 20 heavy (non-hydrogen) atoms. The third-order valence-electron chi connectivity index (χ3n) is 2.80. The van der Waals surface area contributed by atoms with E-state index in [4.69, 9.17) is 5.73 Å². The van der Waals surface area contributed by atoms with E-state index in [2.05, 4.69) is 5.32 Å². The molecule has 0 spiro atoms. The fourth-order valence-corrected chi connectivity index (χ4v) is 1.67. The molecule has 0 saturated carbocycles. The number of amides is 2. The summed E-state index contributed by atoms with van der Waals surface area (Å²) in [5, 5.41) is 2.71. The van der Waals surface area contributed by atoms with Crippen LogP contribution in [-0.2, 0) is 6.54 Å². The highest BCUT2D eigenvalue weighted by molar-refractivity contribution is 5.94. The Balaban J connectivity index is 1.96. The van der Waals surface area contributed by atoms with Crippen LogP contribution in [0.5, 0.6) is 0 Å². The second-order valence-corrected chi connectivity index (χ2v) is 4.25. The molecule has 2 rings (SSSR count). The Morgan fingerprint density at radius 2 is 1.50 bits per heavy atom. The van der Waals surface area contributed by atoms with Gasteiger partial charge < -0.3 is 11.1 Å². The van der Waals surface area contributed by atoms with Crippen LogP contribution in [0.1, 0.15) is 26.3 Å². The van der Waals surface area contributed by atoms with Crippen molar-refractivity contribution in [3.8, 4) is 0 Å². The maximum absolute atomic E-state index is 12.7. The van der Waals surface area contributed by atoms with Crippen molar-refractivity contribution in [2.24, 2.45) is 5.73 Å². The Hall–Kier alpha value is -2.69. The van der Waals surface area contributed by atoms with Crippen molar-refractivity contribution in [3.63, 3.8) is 0 Å². The molecule has 0 aliphatic heterocycles. The van der Waals surface area contributed by atoms with Gasteiger partial charge >= 0.3 is 0 Å². The van der Waals surface area contributed by atoms with Gasteiger partial charge in [0, 0.05) is 17.7 Å². The first kappa shape index (κ1) is 13.7. The molecule has 0 unspecified atom stereocenters. The van der Waals surface area contributed by atoms with Gasteiger partial charge in [-0.3, -0.25) is 9.59 Å². The van der Waals surface area contributed by atoms with Crippen LogP contribution in [0, 0.1) is 5.82 Å². The Kier molecular flexibility index (Phi) is 4.10. The van der Waals surface area contributed by atoms with Gasteiger partial charge in [-0.2, -0.15) is 0 Å². The van der Waals surface area contributed by atoms with Gasteiger partial charge in [0.2, 0.25) is 5.91 Å². The molecule has 2 aromatic carbocycles. The van der Waals surface area contributed by atoms with Gasteiger partial charge in [0.25, 0.3) is 5.91 Å². The summed E-state index contributed by atoms with van der Waals surface area (Å²) < 4.78 is 12.7. The number of primary amides is 1. The Labute approximate surface area is 115 Å². The van der Waals surface area contributed by atoms with Crippen LogP contribution in [0.25, 0.3) is 0 Å². The number of nitrogens with two attached hydrogens (primary N) is 1. The average Bonchev–Trinajstić information content (AvgIpc) is 2.46. The summed E-state index contributed by atoms with van der Waals surface area (Å²) in [5.41, 5.74) is 6.78. The standard InChI is InChI=1S/C15H13FN2O2/c16-13-7-5-12(6-8-13)15(20)18-9-10-1-3-11(4-2-10)14(17)19/h1-8H,9H2,(H2,17,19)(H,18,20). The van der Waals surface area contributed by atoms with E-state index in [0.717, 1.165) is 5.56 Å². The van der Waals surface area contributed by atoms with E-state index >= 15 is 0 Å². The van der Waals surface area contributed by atoms with E-state index in [1.807, 2.05) is 0 Å². The quantitative estimate of drug-likeness (QED) is 0.891. The maximum Gasteiger partial charge on any atom is 0.251 e. The van der Waals surface area contributed by atoms with E-state index in [1.165, 1.54) is 24.3 Å². The normalized spacial score (nSPS) is 10.1. The summed E-state index contributed by atoms with van der Waals surface area (Å²) in [6.45, 7) is 0.315. The molecule has 3 N–H and O–H groups in total. The molecule has 0 fully saturated rings. The molecule has 102 valence electrons. The summed E-state index contributed by atoms with van der Waals surface area (Å²) in [6.07, 6.45) is 0. The Morgan fingerprint density at radius 1 is 0.950 bits per heavy atom.